The maximum absolute atomic E-state index is 12.6. The molecular formula is C25H25N5OS. The molecule has 2 aromatic carbocycles. The fourth-order valence-corrected chi connectivity index (χ4v) is 4.74. The summed E-state index contributed by atoms with van der Waals surface area (Å²) in [6.45, 7) is 3.95. The van der Waals surface area contributed by atoms with Crippen molar-refractivity contribution < 1.29 is 4.79 Å². The standard InChI is InChI=1S/C25H25N5OS/c1-18-13-15-29(16-14-18)24(31)17-32-25-27-26-23-12-11-22(28-30(23)25)21-9-7-20(8-10-21)19-5-3-2-4-6-19/h2-12,18H,13-17H2,1H3. The molecule has 2 aromatic heterocycles. The molecule has 6 nitrogen and oxygen atoms in total. The van der Waals surface area contributed by atoms with Gasteiger partial charge in [0.05, 0.1) is 11.4 Å². The number of piperidine rings is 1. The lowest BCUT2D eigenvalue weighted by Crippen LogP contribution is -2.38. The third-order valence-electron chi connectivity index (χ3n) is 5.98. The van der Waals surface area contributed by atoms with Crippen LogP contribution in [0.5, 0.6) is 0 Å². The maximum Gasteiger partial charge on any atom is 0.233 e. The Hall–Kier alpha value is -3.19. The Morgan fingerprint density at radius 2 is 1.59 bits per heavy atom. The van der Waals surface area contributed by atoms with E-state index >= 15 is 0 Å². The van der Waals surface area contributed by atoms with E-state index in [1.165, 1.54) is 22.9 Å². The summed E-state index contributed by atoms with van der Waals surface area (Å²) < 4.78 is 1.73. The second kappa shape index (κ2) is 9.12. The van der Waals surface area contributed by atoms with E-state index in [1.54, 1.807) is 4.52 Å². The summed E-state index contributed by atoms with van der Waals surface area (Å²) in [6.07, 6.45) is 2.16. The van der Waals surface area contributed by atoms with Gasteiger partial charge in [0.15, 0.2) is 5.65 Å². The summed E-state index contributed by atoms with van der Waals surface area (Å²) in [5.74, 6) is 1.22. The fraction of sp³-hybridized carbons (Fsp3) is 0.280. The molecule has 162 valence electrons. The van der Waals surface area contributed by atoms with Gasteiger partial charge in [0.2, 0.25) is 11.1 Å². The Balaban J connectivity index is 1.32. The molecule has 0 aliphatic carbocycles. The molecule has 0 atom stereocenters. The molecule has 1 aliphatic rings. The molecule has 0 unspecified atom stereocenters. The van der Waals surface area contributed by atoms with Gasteiger partial charge in [-0.3, -0.25) is 4.79 Å². The van der Waals surface area contributed by atoms with E-state index in [-0.39, 0.29) is 5.91 Å². The molecule has 0 bridgehead atoms. The van der Waals surface area contributed by atoms with Crippen LogP contribution in [-0.4, -0.2) is 49.5 Å². The largest absolute Gasteiger partial charge is 0.342 e. The van der Waals surface area contributed by atoms with Crippen LogP contribution in [-0.2, 0) is 4.79 Å². The first-order chi connectivity index (χ1) is 15.7. The molecule has 0 N–H and O–H groups in total. The first kappa shape index (κ1) is 20.7. The lowest BCUT2D eigenvalue weighted by molar-refractivity contribution is -0.129. The molecule has 0 spiro atoms. The lowest BCUT2D eigenvalue weighted by atomic mass is 9.99. The first-order valence-electron chi connectivity index (χ1n) is 11.0. The van der Waals surface area contributed by atoms with Crippen LogP contribution < -0.4 is 0 Å². The molecular weight excluding hydrogens is 418 g/mol. The van der Waals surface area contributed by atoms with E-state index < -0.39 is 0 Å². The van der Waals surface area contributed by atoms with Crippen LogP contribution in [0, 0.1) is 5.92 Å². The van der Waals surface area contributed by atoms with Gasteiger partial charge in [-0.25, -0.2) is 0 Å². The molecule has 1 aliphatic heterocycles. The van der Waals surface area contributed by atoms with Crippen LogP contribution >= 0.6 is 11.8 Å². The van der Waals surface area contributed by atoms with E-state index in [0.717, 1.165) is 37.2 Å². The van der Waals surface area contributed by atoms with Gasteiger partial charge in [-0.1, -0.05) is 73.3 Å². The average molecular weight is 444 g/mol. The number of hydrogen-bond donors (Lipinski definition) is 0. The van der Waals surface area contributed by atoms with E-state index in [4.69, 9.17) is 5.10 Å². The van der Waals surface area contributed by atoms with Crippen LogP contribution in [0.1, 0.15) is 19.8 Å². The summed E-state index contributed by atoms with van der Waals surface area (Å²) in [7, 11) is 0. The van der Waals surface area contributed by atoms with Crippen LogP contribution in [0.15, 0.2) is 71.9 Å². The first-order valence-corrected chi connectivity index (χ1v) is 11.9. The second-order valence-corrected chi connectivity index (χ2v) is 9.21. The normalized spacial score (nSPS) is 14.7. The molecule has 7 heteroatoms. The van der Waals surface area contributed by atoms with Gasteiger partial charge in [-0.2, -0.15) is 9.61 Å². The van der Waals surface area contributed by atoms with Crippen LogP contribution in [0.25, 0.3) is 28.0 Å². The van der Waals surface area contributed by atoms with Crippen molar-refractivity contribution in [2.75, 3.05) is 18.8 Å². The maximum atomic E-state index is 12.6. The number of thioether (sulfide) groups is 1. The Morgan fingerprint density at radius 1 is 0.906 bits per heavy atom. The van der Waals surface area contributed by atoms with Crippen LogP contribution in [0.2, 0.25) is 0 Å². The quantitative estimate of drug-likeness (QED) is 0.414. The highest BCUT2D eigenvalue weighted by Crippen LogP contribution is 2.25. The van der Waals surface area contributed by atoms with Gasteiger partial charge >= 0.3 is 0 Å². The van der Waals surface area contributed by atoms with Crippen molar-refractivity contribution in [1.82, 2.24) is 24.7 Å². The second-order valence-electron chi connectivity index (χ2n) is 8.27. The van der Waals surface area contributed by atoms with Gasteiger partial charge in [-0.05, 0) is 42.0 Å². The van der Waals surface area contributed by atoms with Crippen molar-refractivity contribution in [1.29, 1.82) is 0 Å². The van der Waals surface area contributed by atoms with E-state index in [9.17, 15) is 4.79 Å². The van der Waals surface area contributed by atoms with Crippen molar-refractivity contribution in [3.63, 3.8) is 0 Å². The topological polar surface area (TPSA) is 63.4 Å². The van der Waals surface area contributed by atoms with Crippen LogP contribution in [0.3, 0.4) is 0 Å². The Morgan fingerprint density at radius 3 is 2.34 bits per heavy atom. The van der Waals surface area contributed by atoms with Crippen molar-refractivity contribution in [3.8, 4) is 22.4 Å². The minimum Gasteiger partial charge on any atom is -0.342 e. The van der Waals surface area contributed by atoms with Crippen molar-refractivity contribution in [2.24, 2.45) is 5.92 Å². The Bertz CT molecular complexity index is 1210. The molecule has 0 saturated carbocycles. The van der Waals surface area contributed by atoms with Gasteiger partial charge in [0, 0.05) is 18.7 Å². The SMILES string of the molecule is CC1CCN(C(=O)CSc2nnc3ccc(-c4ccc(-c5ccccc5)cc4)nn23)CC1. The molecule has 4 aromatic rings. The zero-order valence-electron chi connectivity index (χ0n) is 18.0. The molecule has 3 heterocycles. The third-order valence-corrected chi connectivity index (χ3v) is 6.89. The minimum atomic E-state index is 0.159. The minimum absolute atomic E-state index is 0.159. The Labute approximate surface area is 191 Å². The predicted octanol–water partition coefficient (Wildman–Crippen LogP) is 4.81. The molecule has 32 heavy (non-hydrogen) atoms. The van der Waals surface area contributed by atoms with E-state index in [1.807, 2.05) is 35.2 Å². The Kier molecular flexibility index (Phi) is 5.90. The van der Waals surface area contributed by atoms with Crippen LogP contribution in [0.4, 0.5) is 0 Å². The predicted molar refractivity (Wildman–Crippen MR) is 127 cm³/mol. The number of nitrogens with zero attached hydrogens (tertiary/aromatic N) is 5. The molecule has 0 radical (unpaired) electrons. The lowest BCUT2D eigenvalue weighted by Gasteiger charge is -2.30. The zero-order chi connectivity index (χ0) is 21.9. The summed E-state index contributed by atoms with van der Waals surface area (Å²) in [5, 5.41) is 13.9. The smallest absolute Gasteiger partial charge is 0.233 e. The number of hydrogen-bond acceptors (Lipinski definition) is 5. The number of carbonyl (C=O) groups excluding carboxylic acids is 1. The van der Waals surface area contributed by atoms with Crippen molar-refractivity contribution in [2.45, 2.75) is 24.9 Å². The monoisotopic (exact) mass is 443 g/mol. The van der Waals surface area contributed by atoms with Gasteiger partial charge in [-0.15, -0.1) is 10.2 Å². The number of carbonyl (C=O) groups is 1. The molecule has 1 fully saturated rings. The number of amides is 1. The number of fused-ring (bicyclic) bond motifs is 1. The van der Waals surface area contributed by atoms with Crippen molar-refractivity contribution in [3.05, 3.63) is 66.7 Å². The average Bonchev–Trinajstić information content (AvgIpc) is 3.26. The number of likely N-dealkylation sites (tertiary alicyclic amines) is 1. The summed E-state index contributed by atoms with van der Waals surface area (Å²) >= 11 is 1.40. The van der Waals surface area contributed by atoms with Gasteiger partial charge in [0.25, 0.3) is 0 Å². The zero-order valence-corrected chi connectivity index (χ0v) is 18.8. The van der Waals surface area contributed by atoms with Gasteiger partial charge < -0.3 is 4.90 Å². The highest BCUT2D eigenvalue weighted by molar-refractivity contribution is 7.99. The van der Waals surface area contributed by atoms with Gasteiger partial charge in [0.1, 0.15) is 0 Å². The number of aromatic nitrogens is 4. The molecule has 5 rings (SSSR count). The van der Waals surface area contributed by atoms with E-state index in [0.29, 0.717) is 22.5 Å². The summed E-state index contributed by atoms with van der Waals surface area (Å²) in [4.78, 5) is 14.6. The number of rotatable bonds is 5. The highest BCUT2D eigenvalue weighted by atomic mass is 32.2. The fourth-order valence-electron chi connectivity index (χ4n) is 3.95. The molecule has 1 saturated heterocycles. The highest BCUT2D eigenvalue weighted by Gasteiger charge is 2.21. The molecule has 1 amide bonds. The summed E-state index contributed by atoms with van der Waals surface area (Å²) in [5.41, 5.74) is 4.90. The summed E-state index contributed by atoms with van der Waals surface area (Å²) in [6, 6.07) is 22.6. The van der Waals surface area contributed by atoms with E-state index in [2.05, 4.69) is 53.5 Å². The number of benzene rings is 2. The third kappa shape index (κ3) is 4.39. The van der Waals surface area contributed by atoms with Crippen molar-refractivity contribution >= 4 is 23.3 Å².